The highest BCUT2D eigenvalue weighted by Gasteiger charge is 2.29. The number of hydrogen-bond donors (Lipinski definition) is 0. The van der Waals surface area contributed by atoms with Crippen molar-refractivity contribution in [2.45, 2.75) is 24.1 Å². The van der Waals surface area contributed by atoms with Crippen LogP contribution in [0.15, 0.2) is 24.3 Å². The SMILES string of the molecule is Clc1ccccc1CC(Br)C1CC1. The van der Waals surface area contributed by atoms with Crippen LogP contribution in [-0.2, 0) is 6.42 Å². The first kappa shape index (κ1) is 9.54. The van der Waals surface area contributed by atoms with Gasteiger partial charge >= 0.3 is 0 Å². The second-order valence-electron chi connectivity index (χ2n) is 3.65. The Morgan fingerprint density at radius 1 is 1.38 bits per heavy atom. The molecule has 1 aromatic carbocycles. The number of alkyl halides is 1. The molecule has 1 aromatic rings. The zero-order valence-electron chi connectivity index (χ0n) is 7.34. The fraction of sp³-hybridized carbons (Fsp3) is 0.455. The van der Waals surface area contributed by atoms with Gasteiger partial charge < -0.3 is 0 Å². The van der Waals surface area contributed by atoms with Gasteiger partial charge in [-0.2, -0.15) is 0 Å². The minimum atomic E-state index is 0.618. The summed E-state index contributed by atoms with van der Waals surface area (Å²) in [6.45, 7) is 0. The molecule has 1 aliphatic carbocycles. The Labute approximate surface area is 92.4 Å². The van der Waals surface area contributed by atoms with E-state index in [0.29, 0.717) is 4.83 Å². The number of halogens is 2. The third-order valence-electron chi connectivity index (χ3n) is 2.51. The molecule has 0 bridgehead atoms. The van der Waals surface area contributed by atoms with Gasteiger partial charge in [0.2, 0.25) is 0 Å². The largest absolute Gasteiger partial charge is 0.0884 e. The van der Waals surface area contributed by atoms with Gasteiger partial charge in [-0.1, -0.05) is 45.7 Å². The van der Waals surface area contributed by atoms with Crippen LogP contribution in [0.4, 0.5) is 0 Å². The highest BCUT2D eigenvalue weighted by Crippen LogP contribution is 2.38. The highest BCUT2D eigenvalue weighted by molar-refractivity contribution is 9.09. The molecular weight excluding hydrogens is 247 g/mol. The van der Waals surface area contributed by atoms with Gasteiger partial charge in [0.25, 0.3) is 0 Å². The van der Waals surface area contributed by atoms with Crippen LogP contribution in [-0.4, -0.2) is 4.83 Å². The van der Waals surface area contributed by atoms with Crippen molar-refractivity contribution >= 4 is 27.5 Å². The van der Waals surface area contributed by atoms with Crippen LogP contribution in [0.2, 0.25) is 5.02 Å². The van der Waals surface area contributed by atoms with Crippen molar-refractivity contribution in [3.8, 4) is 0 Å². The molecule has 1 aliphatic rings. The molecule has 0 saturated heterocycles. The number of benzene rings is 1. The molecule has 0 N–H and O–H groups in total. The second kappa shape index (κ2) is 4.02. The van der Waals surface area contributed by atoms with E-state index in [1.54, 1.807) is 0 Å². The number of hydrogen-bond acceptors (Lipinski definition) is 0. The summed E-state index contributed by atoms with van der Waals surface area (Å²) in [7, 11) is 0. The van der Waals surface area contributed by atoms with Crippen LogP contribution >= 0.6 is 27.5 Å². The molecule has 1 atom stereocenters. The van der Waals surface area contributed by atoms with E-state index in [-0.39, 0.29) is 0 Å². The molecule has 0 heterocycles. The van der Waals surface area contributed by atoms with Gasteiger partial charge in [-0.25, -0.2) is 0 Å². The third kappa shape index (κ3) is 2.47. The van der Waals surface area contributed by atoms with Crippen molar-refractivity contribution in [3.63, 3.8) is 0 Å². The van der Waals surface area contributed by atoms with Gasteiger partial charge in [-0.05, 0) is 36.8 Å². The average Bonchev–Trinajstić information content (AvgIpc) is 2.91. The van der Waals surface area contributed by atoms with Gasteiger partial charge in [-0.3, -0.25) is 0 Å². The van der Waals surface area contributed by atoms with Gasteiger partial charge in [0.15, 0.2) is 0 Å². The Morgan fingerprint density at radius 3 is 2.69 bits per heavy atom. The quantitative estimate of drug-likeness (QED) is 0.718. The maximum atomic E-state index is 6.07. The summed E-state index contributed by atoms with van der Waals surface area (Å²) in [5.41, 5.74) is 1.26. The summed E-state index contributed by atoms with van der Waals surface area (Å²) in [5, 5.41) is 0.896. The maximum absolute atomic E-state index is 6.07. The molecule has 1 fully saturated rings. The minimum Gasteiger partial charge on any atom is -0.0884 e. The van der Waals surface area contributed by atoms with Gasteiger partial charge in [0, 0.05) is 9.85 Å². The molecule has 0 spiro atoms. The van der Waals surface area contributed by atoms with Crippen molar-refractivity contribution in [3.05, 3.63) is 34.9 Å². The summed E-state index contributed by atoms with van der Waals surface area (Å²) in [6.07, 6.45) is 3.81. The first-order valence-corrected chi connectivity index (χ1v) is 5.94. The molecule has 2 rings (SSSR count). The topological polar surface area (TPSA) is 0 Å². The standard InChI is InChI=1S/C11H12BrCl/c12-10(8-5-6-8)7-9-3-1-2-4-11(9)13/h1-4,8,10H,5-7H2. The average molecular weight is 260 g/mol. The normalized spacial score (nSPS) is 18.6. The molecule has 1 unspecified atom stereocenters. The third-order valence-corrected chi connectivity index (χ3v) is 3.95. The Kier molecular flexibility index (Phi) is 2.95. The predicted octanol–water partition coefficient (Wildman–Crippen LogP) is 4.06. The van der Waals surface area contributed by atoms with Gasteiger partial charge in [-0.15, -0.1) is 0 Å². The van der Waals surface area contributed by atoms with E-state index in [4.69, 9.17) is 11.6 Å². The van der Waals surface area contributed by atoms with E-state index in [9.17, 15) is 0 Å². The Hall–Kier alpha value is -0.0100. The van der Waals surface area contributed by atoms with Crippen LogP contribution in [0.1, 0.15) is 18.4 Å². The van der Waals surface area contributed by atoms with Crippen LogP contribution in [0.3, 0.4) is 0 Å². The van der Waals surface area contributed by atoms with E-state index in [1.807, 2.05) is 18.2 Å². The van der Waals surface area contributed by atoms with Crippen molar-refractivity contribution in [1.29, 1.82) is 0 Å². The van der Waals surface area contributed by atoms with Crippen LogP contribution in [0.5, 0.6) is 0 Å². The van der Waals surface area contributed by atoms with Crippen LogP contribution < -0.4 is 0 Å². The molecule has 13 heavy (non-hydrogen) atoms. The lowest BCUT2D eigenvalue weighted by molar-refractivity contribution is 0.761. The second-order valence-corrected chi connectivity index (χ2v) is 5.23. The lowest BCUT2D eigenvalue weighted by Gasteiger charge is -2.09. The van der Waals surface area contributed by atoms with E-state index in [0.717, 1.165) is 17.4 Å². The molecule has 0 radical (unpaired) electrons. The molecule has 2 heteroatoms. The Morgan fingerprint density at radius 2 is 2.08 bits per heavy atom. The molecule has 0 nitrogen and oxygen atoms in total. The molecular formula is C11H12BrCl. The van der Waals surface area contributed by atoms with E-state index in [2.05, 4.69) is 22.0 Å². The molecule has 70 valence electrons. The van der Waals surface area contributed by atoms with Crippen molar-refractivity contribution in [2.75, 3.05) is 0 Å². The maximum Gasteiger partial charge on any atom is 0.0438 e. The summed E-state index contributed by atoms with van der Waals surface area (Å²) in [4.78, 5) is 0.618. The molecule has 0 amide bonds. The number of rotatable bonds is 3. The summed E-state index contributed by atoms with van der Waals surface area (Å²) >= 11 is 9.79. The van der Waals surface area contributed by atoms with Crippen LogP contribution in [0.25, 0.3) is 0 Å². The summed E-state index contributed by atoms with van der Waals surface area (Å²) in [5.74, 6) is 0.885. The van der Waals surface area contributed by atoms with Crippen molar-refractivity contribution < 1.29 is 0 Å². The smallest absolute Gasteiger partial charge is 0.0438 e. The molecule has 1 saturated carbocycles. The van der Waals surface area contributed by atoms with Gasteiger partial charge in [0.05, 0.1) is 0 Å². The monoisotopic (exact) mass is 258 g/mol. The predicted molar refractivity (Wildman–Crippen MR) is 60.6 cm³/mol. The lowest BCUT2D eigenvalue weighted by Crippen LogP contribution is -2.05. The fourth-order valence-corrected chi connectivity index (χ4v) is 2.59. The van der Waals surface area contributed by atoms with Crippen molar-refractivity contribution in [2.24, 2.45) is 5.92 Å². The van der Waals surface area contributed by atoms with E-state index >= 15 is 0 Å². The molecule has 0 aliphatic heterocycles. The summed E-state index contributed by atoms with van der Waals surface area (Å²) in [6, 6.07) is 8.10. The minimum absolute atomic E-state index is 0.618. The molecule has 0 aromatic heterocycles. The zero-order chi connectivity index (χ0) is 9.26. The van der Waals surface area contributed by atoms with Crippen LogP contribution in [0, 0.1) is 5.92 Å². The van der Waals surface area contributed by atoms with Crippen molar-refractivity contribution in [1.82, 2.24) is 0 Å². The zero-order valence-corrected chi connectivity index (χ0v) is 9.68. The highest BCUT2D eigenvalue weighted by atomic mass is 79.9. The Bertz CT molecular complexity index is 294. The summed E-state index contributed by atoms with van der Waals surface area (Å²) < 4.78 is 0. The van der Waals surface area contributed by atoms with E-state index in [1.165, 1.54) is 18.4 Å². The Balaban J connectivity index is 2.03. The first-order valence-electron chi connectivity index (χ1n) is 4.65. The van der Waals surface area contributed by atoms with E-state index < -0.39 is 0 Å². The van der Waals surface area contributed by atoms with Gasteiger partial charge in [0.1, 0.15) is 0 Å². The fourth-order valence-electron chi connectivity index (χ4n) is 1.50. The first-order chi connectivity index (χ1) is 6.27. The lowest BCUT2D eigenvalue weighted by atomic mass is 10.1.